The highest BCUT2D eigenvalue weighted by Gasteiger charge is 2.09. The van der Waals surface area contributed by atoms with Crippen LogP contribution in [0.2, 0.25) is 0 Å². The van der Waals surface area contributed by atoms with E-state index in [1.54, 1.807) is 26.4 Å². The van der Waals surface area contributed by atoms with Gasteiger partial charge in [0.05, 0.1) is 12.0 Å². The fraction of sp³-hybridized carbons (Fsp3) is 0.312. The Balaban J connectivity index is 1.67. The molecule has 0 saturated carbocycles. The number of nitrogens with one attached hydrogen (secondary N) is 1. The van der Waals surface area contributed by atoms with Gasteiger partial charge in [-0.2, -0.15) is 0 Å². The second-order valence-electron chi connectivity index (χ2n) is 5.14. The Hall–Kier alpha value is -2.45. The molecule has 0 aromatic carbocycles. The summed E-state index contributed by atoms with van der Waals surface area (Å²) >= 11 is 1.45. The van der Waals surface area contributed by atoms with Gasteiger partial charge in [-0.25, -0.2) is 9.97 Å². The summed E-state index contributed by atoms with van der Waals surface area (Å²) in [5.74, 6) is 1.09. The highest BCUT2D eigenvalue weighted by atomic mass is 32.1. The van der Waals surface area contributed by atoms with Crippen molar-refractivity contribution < 1.29 is 9.47 Å². The van der Waals surface area contributed by atoms with Crippen molar-refractivity contribution in [2.45, 2.75) is 6.54 Å². The summed E-state index contributed by atoms with van der Waals surface area (Å²) in [7, 11) is 3.33. The monoisotopic (exact) mass is 346 g/mol. The van der Waals surface area contributed by atoms with Gasteiger partial charge in [0.1, 0.15) is 11.4 Å². The predicted molar refractivity (Wildman–Crippen MR) is 93.8 cm³/mol. The Labute approximate surface area is 142 Å². The van der Waals surface area contributed by atoms with E-state index in [1.165, 1.54) is 15.9 Å². The van der Waals surface area contributed by atoms with Crippen molar-refractivity contribution >= 4 is 27.5 Å². The summed E-state index contributed by atoms with van der Waals surface area (Å²) in [5.41, 5.74) is 0.915. The fourth-order valence-electron chi connectivity index (χ4n) is 2.17. The molecule has 0 amide bonds. The number of methoxy groups -OCH3 is 1. The maximum Gasteiger partial charge on any atom is 0.263 e. The van der Waals surface area contributed by atoms with Crippen molar-refractivity contribution in [2.24, 2.45) is 7.05 Å². The summed E-state index contributed by atoms with van der Waals surface area (Å²) in [6.07, 6.45) is 1.73. The third-order valence-electron chi connectivity index (χ3n) is 3.49. The van der Waals surface area contributed by atoms with Crippen LogP contribution in [0.3, 0.4) is 0 Å². The van der Waals surface area contributed by atoms with Crippen LogP contribution in [0, 0.1) is 0 Å². The van der Waals surface area contributed by atoms with Crippen LogP contribution in [0.15, 0.2) is 34.6 Å². The summed E-state index contributed by atoms with van der Waals surface area (Å²) in [6, 6.07) is 5.52. The van der Waals surface area contributed by atoms with Crippen LogP contribution >= 0.6 is 11.3 Å². The molecule has 0 atom stereocenters. The number of fused-ring (bicyclic) bond motifs is 1. The molecule has 0 unspecified atom stereocenters. The summed E-state index contributed by atoms with van der Waals surface area (Å²) < 4.78 is 11.9. The summed E-state index contributed by atoms with van der Waals surface area (Å²) in [6.45, 7) is 1.51. The van der Waals surface area contributed by atoms with Gasteiger partial charge >= 0.3 is 0 Å². The molecule has 3 aromatic rings. The molecule has 1 N–H and O–H groups in total. The number of thiophene rings is 1. The van der Waals surface area contributed by atoms with Crippen LogP contribution in [0.4, 0.5) is 5.95 Å². The molecule has 3 rings (SSSR count). The summed E-state index contributed by atoms with van der Waals surface area (Å²) in [5, 5.41) is 5.70. The molecule has 3 heterocycles. The second-order valence-corrected chi connectivity index (χ2v) is 6.03. The van der Waals surface area contributed by atoms with E-state index in [1.807, 2.05) is 17.5 Å². The van der Waals surface area contributed by atoms with Gasteiger partial charge in [-0.15, -0.1) is 11.3 Å². The Morgan fingerprint density at radius 3 is 2.92 bits per heavy atom. The van der Waals surface area contributed by atoms with E-state index in [0.29, 0.717) is 37.0 Å². The number of ether oxygens (including phenoxy) is 2. The first-order valence-electron chi connectivity index (χ1n) is 7.44. The number of anilines is 1. The molecule has 0 aliphatic carbocycles. The minimum Gasteiger partial charge on any atom is -0.475 e. The zero-order valence-electron chi connectivity index (χ0n) is 13.5. The lowest BCUT2D eigenvalue weighted by atomic mass is 10.3. The molecule has 24 heavy (non-hydrogen) atoms. The maximum absolute atomic E-state index is 12.2. The predicted octanol–water partition coefficient (Wildman–Crippen LogP) is 2.03. The molecule has 0 bridgehead atoms. The van der Waals surface area contributed by atoms with E-state index in [0.717, 1.165) is 10.4 Å². The van der Waals surface area contributed by atoms with E-state index >= 15 is 0 Å². The van der Waals surface area contributed by atoms with Crippen LogP contribution in [0.1, 0.15) is 5.56 Å². The van der Waals surface area contributed by atoms with Crippen LogP contribution in [-0.2, 0) is 18.3 Å². The average molecular weight is 346 g/mol. The van der Waals surface area contributed by atoms with Crippen LogP contribution < -0.4 is 15.6 Å². The van der Waals surface area contributed by atoms with Crippen molar-refractivity contribution in [3.05, 3.63) is 45.7 Å². The first-order valence-corrected chi connectivity index (χ1v) is 8.32. The molecular weight excluding hydrogens is 328 g/mol. The quantitative estimate of drug-likeness (QED) is 0.660. The Kier molecular flexibility index (Phi) is 5.07. The third-order valence-corrected chi connectivity index (χ3v) is 4.30. The normalized spacial score (nSPS) is 10.9. The minimum absolute atomic E-state index is 0.0521. The topological polar surface area (TPSA) is 78.3 Å². The van der Waals surface area contributed by atoms with Gasteiger partial charge in [0, 0.05) is 33.0 Å². The first-order chi connectivity index (χ1) is 11.7. The van der Waals surface area contributed by atoms with Gasteiger partial charge in [0.15, 0.2) is 0 Å². The van der Waals surface area contributed by atoms with Gasteiger partial charge in [-0.1, -0.05) is 6.07 Å². The van der Waals surface area contributed by atoms with E-state index < -0.39 is 0 Å². The summed E-state index contributed by atoms with van der Waals surface area (Å²) in [4.78, 5) is 21.7. The maximum atomic E-state index is 12.2. The zero-order chi connectivity index (χ0) is 16.9. The molecule has 0 radical (unpaired) electrons. The lowest BCUT2D eigenvalue weighted by molar-refractivity contribution is 0.143. The number of hydrogen-bond acceptors (Lipinski definition) is 7. The molecule has 126 valence electrons. The number of aromatic nitrogens is 3. The zero-order valence-corrected chi connectivity index (χ0v) is 14.3. The first kappa shape index (κ1) is 16.4. The standard InChI is InChI=1S/C16H18N4O3S/c1-20-15(21)12-5-8-24-14(12)19-16(20)18-10-11-3-4-13(17-9-11)23-7-6-22-2/h3-5,8-9H,6-7,10H2,1-2H3,(H,18,19). The molecule has 8 heteroatoms. The third kappa shape index (κ3) is 3.55. The van der Waals surface area contributed by atoms with Gasteiger partial charge in [-0.3, -0.25) is 9.36 Å². The largest absolute Gasteiger partial charge is 0.475 e. The van der Waals surface area contributed by atoms with Crippen LogP contribution in [-0.4, -0.2) is 34.9 Å². The van der Waals surface area contributed by atoms with Gasteiger partial charge in [0.25, 0.3) is 5.56 Å². The lowest BCUT2D eigenvalue weighted by Gasteiger charge is -2.10. The highest BCUT2D eigenvalue weighted by molar-refractivity contribution is 7.16. The van der Waals surface area contributed by atoms with Crippen molar-refractivity contribution in [1.29, 1.82) is 0 Å². The fourth-order valence-corrected chi connectivity index (χ4v) is 2.92. The van der Waals surface area contributed by atoms with Gasteiger partial charge in [0.2, 0.25) is 11.8 Å². The Morgan fingerprint density at radius 2 is 2.17 bits per heavy atom. The van der Waals surface area contributed by atoms with Gasteiger partial charge in [-0.05, 0) is 17.0 Å². The van der Waals surface area contributed by atoms with Gasteiger partial charge < -0.3 is 14.8 Å². The Morgan fingerprint density at radius 1 is 1.29 bits per heavy atom. The molecule has 0 aliphatic rings. The highest BCUT2D eigenvalue weighted by Crippen LogP contribution is 2.17. The van der Waals surface area contributed by atoms with Crippen molar-refractivity contribution in [2.75, 3.05) is 25.6 Å². The average Bonchev–Trinajstić information content (AvgIpc) is 3.07. The lowest BCUT2D eigenvalue weighted by Crippen LogP contribution is -2.21. The van der Waals surface area contributed by atoms with E-state index in [2.05, 4.69) is 15.3 Å². The van der Waals surface area contributed by atoms with E-state index in [-0.39, 0.29) is 5.56 Å². The Bertz CT molecular complexity index is 873. The molecule has 7 nitrogen and oxygen atoms in total. The smallest absolute Gasteiger partial charge is 0.263 e. The minimum atomic E-state index is -0.0521. The van der Waals surface area contributed by atoms with Crippen molar-refractivity contribution in [3.8, 4) is 5.88 Å². The molecule has 3 aromatic heterocycles. The number of pyridine rings is 1. The molecule has 0 aliphatic heterocycles. The van der Waals surface area contributed by atoms with E-state index in [4.69, 9.17) is 9.47 Å². The van der Waals surface area contributed by atoms with E-state index in [9.17, 15) is 4.79 Å². The molecule has 0 spiro atoms. The molecule has 0 fully saturated rings. The number of hydrogen-bond donors (Lipinski definition) is 1. The SMILES string of the molecule is COCCOc1ccc(CNc2nc3sccc3c(=O)n2C)cn1. The molecule has 0 saturated heterocycles. The molecular formula is C16H18N4O3S. The second kappa shape index (κ2) is 7.41. The van der Waals surface area contributed by atoms with Crippen LogP contribution in [0.25, 0.3) is 10.2 Å². The van der Waals surface area contributed by atoms with Crippen LogP contribution in [0.5, 0.6) is 5.88 Å². The number of rotatable bonds is 7. The van der Waals surface area contributed by atoms with Crippen molar-refractivity contribution in [3.63, 3.8) is 0 Å². The van der Waals surface area contributed by atoms with Crippen molar-refractivity contribution in [1.82, 2.24) is 14.5 Å². The number of nitrogens with zero attached hydrogens (tertiary/aromatic N) is 3.